The van der Waals surface area contributed by atoms with Gasteiger partial charge in [0.1, 0.15) is 17.7 Å². The van der Waals surface area contributed by atoms with E-state index in [9.17, 15) is 9.59 Å². The minimum Gasteiger partial charge on any atom is -0.469 e. The number of nitrogens with zero attached hydrogens (tertiary/aromatic N) is 1. The van der Waals surface area contributed by atoms with Gasteiger partial charge >= 0.3 is 11.9 Å². The van der Waals surface area contributed by atoms with Gasteiger partial charge in [-0.1, -0.05) is 30.3 Å². The molecule has 7 heteroatoms. The van der Waals surface area contributed by atoms with E-state index in [1.54, 1.807) is 17.2 Å². The van der Waals surface area contributed by atoms with Gasteiger partial charge < -0.3 is 13.9 Å². The van der Waals surface area contributed by atoms with E-state index in [4.69, 9.17) is 18.7 Å². The Morgan fingerprint density at radius 2 is 1.76 bits per heavy atom. The average Bonchev–Trinajstić information content (AvgIpc) is 3.28. The molecule has 132 valence electrons. The van der Waals surface area contributed by atoms with Crippen molar-refractivity contribution in [3.8, 4) is 0 Å². The number of hydrogen-bond acceptors (Lipinski definition) is 7. The lowest BCUT2D eigenvalue weighted by Crippen LogP contribution is -2.35. The van der Waals surface area contributed by atoms with Gasteiger partial charge in [0, 0.05) is 6.54 Å². The van der Waals surface area contributed by atoms with Crippen LogP contribution in [-0.4, -0.2) is 37.3 Å². The Morgan fingerprint density at radius 3 is 2.36 bits per heavy atom. The van der Waals surface area contributed by atoms with Crippen LogP contribution in [0.2, 0.25) is 0 Å². The van der Waals surface area contributed by atoms with Crippen LogP contribution in [-0.2, 0) is 30.4 Å². The van der Waals surface area contributed by atoms with Gasteiger partial charge in [-0.3, -0.25) is 9.63 Å². The van der Waals surface area contributed by atoms with Crippen LogP contribution >= 0.6 is 0 Å². The molecule has 2 heterocycles. The molecular formula is C18H19NO6. The summed E-state index contributed by atoms with van der Waals surface area (Å²) < 4.78 is 15.2. The molecule has 0 spiro atoms. The summed E-state index contributed by atoms with van der Waals surface area (Å²) in [6, 6.07) is 12.4. The summed E-state index contributed by atoms with van der Waals surface area (Å²) in [6.45, 7) is 0.368. The van der Waals surface area contributed by atoms with Crippen LogP contribution in [0.5, 0.6) is 0 Å². The van der Waals surface area contributed by atoms with E-state index in [0.29, 0.717) is 12.3 Å². The van der Waals surface area contributed by atoms with Gasteiger partial charge in [-0.05, 0) is 17.7 Å². The topological polar surface area (TPSA) is 78.2 Å². The van der Waals surface area contributed by atoms with Crippen molar-refractivity contribution in [1.82, 2.24) is 5.06 Å². The quantitative estimate of drug-likeness (QED) is 0.768. The third-order valence-corrected chi connectivity index (χ3v) is 4.15. The zero-order valence-corrected chi connectivity index (χ0v) is 14.0. The Morgan fingerprint density at radius 1 is 1.04 bits per heavy atom. The molecule has 0 N–H and O–H groups in total. The number of rotatable bonds is 5. The SMILES string of the molecule is COC(=O)[C@H]1[C@@H](C(=O)OC)ON(Cc2ccccc2)[C@@H]1c1ccco1. The van der Waals surface area contributed by atoms with Crippen LogP contribution in [0.4, 0.5) is 0 Å². The van der Waals surface area contributed by atoms with Gasteiger partial charge in [-0.15, -0.1) is 0 Å². The highest BCUT2D eigenvalue weighted by atomic mass is 16.7. The minimum absolute atomic E-state index is 0.368. The predicted molar refractivity (Wildman–Crippen MR) is 85.8 cm³/mol. The molecule has 1 aliphatic rings. The largest absolute Gasteiger partial charge is 0.469 e. The maximum absolute atomic E-state index is 12.4. The Bertz CT molecular complexity index is 714. The second-order valence-electron chi connectivity index (χ2n) is 5.62. The maximum atomic E-state index is 12.4. The van der Waals surface area contributed by atoms with Crippen molar-refractivity contribution in [2.45, 2.75) is 18.7 Å². The van der Waals surface area contributed by atoms with Crippen molar-refractivity contribution in [3.05, 3.63) is 60.1 Å². The van der Waals surface area contributed by atoms with E-state index in [2.05, 4.69) is 0 Å². The summed E-state index contributed by atoms with van der Waals surface area (Å²) in [6.07, 6.45) is 0.409. The van der Waals surface area contributed by atoms with Crippen molar-refractivity contribution < 1.29 is 28.3 Å². The molecule has 0 amide bonds. The van der Waals surface area contributed by atoms with Gasteiger partial charge in [0.05, 0.1) is 20.5 Å². The standard InChI is InChI=1S/C18H19NO6/c1-22-17(20)14-15(13-9-6-10-24-13)19(25-16(14)18(21)23-2)11-12-7-4-3-5-8-12/h3-10,14-16H,11H2,1-2H3/t14-,15-,16+/m1/s1. The van der Waals surface area contributed by atoms with E-state index in [0.717, 1.165) is 5.56 Å². The lowest BCUT2D eigenvalue weighted by Gasteiger charge is -2.22. The smallest absolute Gasteiger partial charge is 0.338 e. The fraction of sp³-hybridized carbons (Fsp3) is 0.333. The number of carbonyl (C=O) groups is 2. The highest BCUT2D eigenvalue weighted by Crippen LogP contribution is 2.41. The van der Waals surface area contributed by atoms with Crippen molar-refractivity contribution in [1.29, 1.82) is 0 Å². The summed E-state index contributed by atoms with van der Waals surface area (Å²) in [5, 5.41) is 1.57. The van der Waals surface area contributed by atoms with Crippen molar-refractivity contribution in [3.63, 3.8) is 0 Å². The molecule has 1 saturated heterocycles. The first-order valence-electron chi connectivity index (χ1n) is 7.82. The Labute approximate surface area is 145 Å². The molecule has 0 bridgehead atoms. The van der Waals surface area contributed by atoms with E-state index in [1.807, 2.05) is 30.3 Å². The van der Waals surface area contributed by atoms with Gasteiger partial charge in [-0.25, -0.2) is 4.79 Å². The van der Waals surface area contributed by atoms with E-state index in [-0.39, 0.29) is 0 Å². The first-order valence-corrected chi connectivity index (χ1v) is 7.82. The maximum Gasteiger partial charge on any atom is 0.338 e. The molecule has 1 aliphatic heterocycles. The van der Waals surface area contributed by atoms with Crippen LogP contribution < -0.4 is 0 Å². The summed E-state index contributed by atoms with van der Waals surface area (Å²) >= 11 is 0. The second kappa shape index (κ2) is 7.50. The third-order valence-electron chi connectivity index (χ3n) is 4.15. The highest BCUT2D eigenvalue weighted by molar-refractivity contribution is 5.85. The lowest BCUT2D eigenvalue weighted by molar-refractivity contribution is -0.194. The molecule has 0 aliphatic carbocycles. The number of furan rings is 1. The van der Waals surface area contributed by atoms with Crippen LogP contribution in [0.1, 0.15) is 17.4 Å². The first kappa shape index (κ1) is 17.2. The molecule has 3 rings (SSSR count). The summed E-state index contributed by atoms with van der Waals surface area (Å²) in [5.74, 6) is -1.58. The Hall–Kier alpha value is -2.64. The Kier molecular flexibility index (Phi) is 5.16. The molecule has 1 fully saturated rings. The number of benzene rings is 1. The van der Waals surface area contributed by atoms with Crippen LogP contribution in [0.25, 0.3) is 0 Å². The lowest BCUT2D eigenvalue weighted by atomic mass is 9.92. The molecule has 1 aromatic carbocycles. The number of ether oxygens (including phenoxy) is 2. The monoisotopic (exact) mass is 345 g/mol. The number of hydrogen-bond donors (Lipinski definition) is 0. The molecular weight excluding hydrogens is 326 g/mol. The van der Waals surface area contributed by atoms with Gasteiger partial charge in [0.2, 0.25) is 0 Å². The highest BCUT2D eigenvalue weighted by Gasteiger charge is 2.53. The van der Waals surface area contributed by atoms with E-state index < -0.39 is 30.0 Å². The number of carbonyl (C=O) groups excluding carboxylic acids is 2. The normalized spacial score (nSPS) is 23.4. The molecule has 3 atom stereocenters. The van der Waals surface area contributed by atoms with Gasteiger partial charge in [0.15, 0.2) is 6.10 Å². The minimum atomic E-state index is -1.10. The molecule has 1 aromatic heterocycles. The van der Waals surface area contributed by atoms with Crippen molar-refractivity contribution in [2.24, 2.45) is 5.92 Å². The second-order valence-corrected chi connectivity index (χ2v) is 5.62. The number of methoxy groups -OCH3 is 2. The van der Waals surface area contributed by atoms with Crippen LogP contribution in [0.3, 0.4) is 0 Å². The van der Waals surface area contributed by atoms with Gasteiger partial charge in [0.25, 0.3) is 0 Å². The Balaban J connectivity index is 1.97. The molecule has 0 radical (unpaired) electrons. The van der Waals surface area contributed by atoms with Crippen molar-refractivity contribution in [2.75, 3.05) is 14.2 Å². The molecule has 7 nitrogen and oxygen atoms in total. The van der Waals surface area contributed by atoms with Crippen LogP contribution in [0.15, 0.2) is 53.1 Å². The molecule has 0 saturated carbocycles. The molecule has 2 aromatic rings. The molecule has 0 unspecified atom stereocenters. The number of esters is 2. The average molecular weight is 345 g/mol. The zero-order chi connectivity index (χ0) is 17.8. The molecule has 25 heavy (non-hydrogen) atoms. The van der Waals surface area contributed by atoms with Crippen LogP contribution in [0, 0.1) is 5.92 Å². The predicted octanol–water partition coefficient (Wildman–Crippen LogP) is 2.10. The summed E-state index contributed by atoms with van der Waals surface area (Å²) in [5.41, 5.74) is 0.966. The van der Waals surface area contributed by atoms with E-state index in [1.165, 1.54) is 20.5 Å². The fourth-order valence-electron chi connectivity index (χ4n) is 2.99. The summed E-state index contributed by atoms with van der Waals surface area (Å²) in [7, 11) is 2.53. The van der Waals surface area contributed by atoms with E-state index >= 15 is 0 Å². The number of hydroxylamine groups is 2. The summed E-state index contributed by atoms with van der Waals surface area (Å²) in [4.78, 5) is 30.3. The zero-order valence-electron chi connectivity index (χ0n) is 14.0. The van der Waals surface area contributed by atoms with Gasteiger partial charge in [-0.2, -0.15) is 5.06 Å². The van der Waals surface area contributed by atoms with Crippen molar-refractivity contribution >= 4 is 11.9 Å². The fourth-order valence-corrected chi connectivity index (χ4v) is 2.99. The third kappa shape index (κ3) is 3.42. The first-order chi connectivity index (χ1) is 12.2.